The fraction of sp³-hybridized carbons (Fsp3) is 0.259. The van der Waals surface area contributed by atoms with Crippen LogP contribution in [0.5, 0.6) is 11.5 Å². The first-order valence-electron chi connectivity index (χ1n) is 11.6. The van der Waals surface area contributed by atoms with Crippen molar-refractivity contribution in [1.82, 2.24) is 10.2 Å². The molecule has 2 amide bonds. The molecule has 0 heterocycles. The van der Waals surface area contributed by atoms with Gasteiger partial charge in [0.25, 0.3) is 10.0 Å². The van der Waals surface area contributed by atoms with Gasteiger partial charge in [0.15, 0.2) is 0 Å². The van der Waals surface area contributed by atoms with Gasteiger partial charge in [0.1, 0.15) is 24.1 Å². The van der Waals surface area contributed by atoms with Gasteiger partial charge in [0.2, 0.25) is 11.8 Å². The van der Waals surface area contributed by atoms with Crippen molar-refractivity contribution in [2.45, 2.75) is 24.4 Å². The molecule has 3 rings (SSSR count). The van der Waals surface area contributed by atoms with Crippen LogP contribution in [0.3, 0.4) is 0 Å². The summed E-state index contributed by atoms with van der Waals surface area (Å²) in [6.07, 6.45) is 0. The Kier molecular flexibility index (Phi) is 9.13. The van der Waals surface area contributed by atoms with E-state index in [1.807, 2.05) is 6.07 Å². The number of nitrogens with one attached hydrogen (secondary N) is 1. The summed E-state index contributed by atoms with van der Waals surface area (Å²) in [5, 5.41) is 2.56. The van der Waals surface area contributed by atoms with Crippen molar-refractivity contribution in [2.75, 3.05) is 32.1 Å². The summed E-state index contributed by atoms with van der Waals surface area (Å²) >= 11 is 0. The Bertz CT molecular complexity index is 1310. The molecule has 0 aliphatic heterocycles. The number of sulfonamides is 1. The number of nitrogens with zero attached hydrogens (tertiary/aromatic N) is 2. The van der Waals surface area contributed by atoms with E-state index in [4.69, 9.17) is 9.47 Å². The van der Waals surface area contributed by atoms with Crippen molar-refractivity contribution in [3.8, 4) is 11.5 Å². The van der Waals surface area contributed by atoms with E-state index in [0.29, 0.717) is 17.2 Å². The minimum absolute atomic E-state index is 0.00338. The van der Waals surface area contributed by atoms with E-state index in [1.54, 1.807) is 67.6 Å². The van der Waals surface area contributed by atoms with E-state index in [9.17, 15) is 18.0 Å². The van der Waals surface area contributed by atoms with Crippen LogP contribution in [0.4, 0.5) is 5.69 Å². The predicted molar refractivity (Wildman–Crippen MR) is 141 cm³/mol. The quantitative estimate of drug-likeness (QED) is 0.413. The smallest absolute Gasteiger partial charge is 0.264 e. The molecule has 0 unspecified atom stereocenters. The molecule has 3 aromatic rings. The van der Waals surface area contributed by atoms with E-state index >= 15 is 0 Å². The molecule has 196 valence electrons. The standard InChI is InChI=1S/C27H31N3O6S/c1-20(27(32)28-2)29(18-21-9-8-12-24(17-21)36-4)26(31)19-30(22-10-6-5-7-11-22)37(33,34)25-15-13-23(35-3)14-16-25/h5-17,20H,18-19H2,1-4H3,(H,28,32)/t20-/m1/s1. The molecule has 0 saturated heterocycles. The van der Waals surface area contributed by atoms with Gasteiger partial charge in [-0.3, -0.25) is 13.9 Å². The first-order valence-corrected chi connectivity index (χ1v) is 13.0. The Balaban J connectivity index is 2.00. The van der Waals surface area contributed by atoms with Crippen LogP contribution in [0, 0.1) is 0 Å². The van der Waals surface area contributed by atoms with Crippen LogP contribution >= 0.6 is 0 Å². The zero-order chi connectivity index (χ0) is 27.0. The van der Waals surface area contributed by atoms with Gasteiger partial charge in [-0.2, -0.15) is 0 Å². The lowest BCUT2D eigenvalue weighted by Crippen LogP contribution is -2.50. The van der Waals surface area contributed by atoms with Crippen molar-refractivity contribution in [1.29, 1.82) is 0 Å². The molecule has 37 heavy (non-hydrogen) atoms. The molecule has 0 radical (unpaired) electrons. The zero-order valence-electron chi connectivity index (χ0n) is 21.2. The van der Waals surface area contributed by atoms with Crippen LogP contribution in [-0.4, -0.2) is 59.0 Å². The van der Waals surface area contributed by atoms with Crippen molar-refractivity contribution < 1.29 is 27.5 Å². The minimum atomic E-state index is -4.13. The fourth-order valence-electron chi connectivity index (χ4n) is 3.76. The summed E-state index contributed by atoms with van der Waals surface area (Å²) in [5.41, 5.74) is 1.05. The molecule has 0 aromatic heterocycles. The molecule has 0 aliphatic carbocycles. The first kappa shape index (κ1) is 27.5. The highest BCUT2D eigenvalue weighted by atomic mass is 32.2. The molecular formula is C27H31N3O6S. The molecular weight excluding hydrogens is 494 g/mol. The summed E-state index contributed by atoms with van der Waals surface area (Å²) in [5.74, 6) is 0.191. The van der Waals surface area contributed by atoms with Gasteiger partial charge in [-0.25, -0.2) is 8.42 Å². The molecule has 10 heteroatoms. The summed E-state index contributed by atoms with van der Waals surface area (Å²) in [7, 11) is 0.378. The third-order valence-corrected chi connectivity index (χ3v) is 7.66. The second-order valence-corrected chi connectivity index (χ2v) is 10.0. The number of methoxy groups -OCH3 is 2. The Labute approximate surface area is 217 Å². The highest BCUT2D eigenvalue weighted by Gasteiger charge is 2.32. The lowest BCUT2D eigenvalue weighted by atomic mass is 10.1. The van der Waals surface area contributed by atoms with E-state index in [2.05, 4.69) is 5.32 Å². The molecule has 0 aliphatic rings. The molecule has 1 atom stereocenters. The normalized spacial score (nSPS) is 11.8. The van der Waals surface area contributed by atoms with Crippen LogP contribution in [0.25, 0.3) is 0 Å². The lowest BCUT2D eigenvalue weighted by molar-refractivity contribution is -0.139. The highest BCUT2D eigenvalue weighted by molar-refractivity contribution is 7.92. The molecule has 9 nitrogen and oxygen atoms in total. The molecule has 0 spiro atoms. The number of rotatable bonds is 11. The van der Waals surface area contributed by atoms with Crippen molar-refractivity contribution in [3.63, 3.8) is 0 Å². The van der Waals surface area contributed by atoms with E-state index < -0.39 is 28.5 Å². The van der Waals surface area contributed by atoms with Gasteiger partial charge in [0.05, 0.1) is 24.8 Å². The molecule has 0 fully saturated rings. The monoisotopic (exact) mass is 525 g/mol. The van der Waals surface area contributed by atoms with Crippen LogP contribution in [0.15, 0.2) is 83.8 Å². The van der Waals surface area contributed by atoms with Gasteiger partial charge >= 0.3 is 0 Å². The molecule has 0 bridgehead atoms. The summed E-state index contributed by atoms with van der Waals surface area (Å²) in [4.78, 5) is 27.6. The van der Waals surface area contributed by atoms with Crippen molar-refractivity contribution in [2.24, 2.45) is 0 Å². The van der Waals surface area contributed by atoms with Gasteiger partial charge in [-0.1, -0.05) is 30.3 Å². The maximum atomic E-state index is 13.7. The maximum absolute atomic E-state index is 13.7. The topological polar surface area (TPSA) is 105 Å². The van der Waals surface area contributed by atoms with E-state index in [1.165, 1.54) is 38.3 Å². The number of hydrogen-bond donors (Lipinski definition) is 1. The van der Waals surface area contributed by atoms with Crippen LogP contribution in [0.1, 0.15) is 12.5 Å². The number of anilines is 1. The number of likely N-dealkylation sites (N-methyl/N-ethyl adjacent to an activating group) is 1. The average Bonchev–Trinajstić information content (AvgIpc) is 2.94. The maximum Gasteiger partial charge on any atom is 0.264 e. The number of carbonyl (C=O) groups is 2. The second kappa shape index (κ2) is 12.3. The molecule has 1 N–H and O–H groups in total. The van der Waals surface area contributed by atoms with E-state index in [-0.39, 0.29) is 17.3 Å². The third-order valence-electron chi connectivity index (χ3n) is 5.87. The van der Waals surface area contributed by atoms with Crippen LogP contribution < -0.4 is 19.1 Å². The second-order valence-electron chi connectivity index (χ2n) is 8.19. The third kappa shape index (κ3) is 6.59. The fourth-order valence-corrected chi connectivity index (χ4v) is 5.17. The molecule has 3 aromatic carbocycles. The lowest BCUT2D eigenvalue weighted by Gasteiger charge is -2.31. The van der Waals surface area contributed by atoms with Gasteiger partial charge < -0.3 is 19.7 Å². The number of benzene rings is 3. The number of para-hydroxylation sites is 1. The Morgan fingerprint density at radius 3 is 2.14 bits per heavy atom. The number of carbonyl (C=O) groups excluding carboxylic acids is 2. The number of hydrogen-bond acceptors (Lipinski definition) is 6. The average molecular weight is 526 g/mol. The SMILES string of the molecule is CNC(=O)[C@@H](C)N(Cc1cccc(OC)c1)C(=O)CN(c1ccccc1)S(=O)(=O)c1ccc(OC)cc1. The minimum Gasteiger partial charge on any atom is -0.497 e. The van der Waals surface area contributed by atoms with Gasteiger partial charge in [-0.15, -0.1) is 0 Å². The Morgan fingerprint density at radius 2 is 1.54 bits per heavy atom. The predicted octanol–water partition coefficient (Wildman–Crippen LogP) is 3.06. The van der Waals surface area contributed by atoms with Crippen molar-refractivity contribution >= 4 is 27.5 Å². The summed E-state index contributed by atoms with van der Waals surface area (Å²) in [6, 6.07) is 20.6. The Morgan fingerprint density at radius 1 is 0.892 bits per heavy atom. The summed E-state index contributed by atoms with van der Waals surface area (Å²) < 4.78 is 38.9. The molecule has 0 saturated carbocycles. The van der Waals surface area contributed by atoms with Crippen molar-refractivity contribution in [3.05, 3.63) is 84.4 Å². The number of amides is 2. The van der Waals surface area contributed by atoms with Gasteiger partial charge in [0, 0.05) is 13.6 Å². The van der Waals surface area contributed by atoms with Crippen LogP contribution in [-0.2, 0) is 26.2 Å². The summed E-state index contributed by atoms with van der Waals surface area (Å²) in [6.45, 7) is 1.17. The number of ether oxygens (including phenoxy) is 2. The van der Waals surface area contributed by atoms with Gasteiger partial charge in [-0.05, 0) is 61.0 Å². The Hall–Kier alpha value is -4.05. The first-order chi connectivity index (χ1) is 17.7. The zero-order valence-corrected chi connectivity index (χ0v) is 22.1. The van der Waals surface area contributed by atoms with E-state index in [0.717, 1.165) is 9.87 Å². The van der Waals surface area contributed by atoms with Crippen LogP contribution in [0.2, 0.25) is 0 Å². The highest BCUT2D eigenvalue weighted by Crippen LogP contribution is 2.26. The largest absolute Gasteiger partial charge is 0.497 e.